The molecule has 0 aromatic carbocycles. The fourth-order valence-electron chi connectivity index (χ4n) is 1.86. The van der Waals surface area contributed by atoms with Crippen molar-refractivity contribution in [1.82, 2.24) is 4.90 Å². The van der Waals surface area contributed by atoms with Crippen LogP contribution in [0.15, 0.2) is 0 Å². The number of fused-ring (bicyclic) bond motifs is 3. The molecule has 14 heavy (non-hydrogen) atoms. The molecule has 5 nitrogen and oxygen atoms in total. The molecule has 3 heterocycles. The highest BCUT2D eigenvalue weighted by Gasteiger charge is 2.24. The topological polar surface area (TPSA) is 77.8 Å². The Hall–Kier alpha value is -1.10. The van der Waals surface area contributed by atoms with Crippen LogP contribution >= 0.6 is 0 Å². The number of nitrogens with zero attached hydrogens (tertiary/aromatic N) is 1. The molecule has 2 N–H and O–H groups in total. The van der Waals surface area contributed by atoms with Crippen LogP contribution in [0.1, 0.15) is 19.3 Å². The van der Waals surface area contributed by atoms with Crippen molar-refractivity contribution in [3.05, 3.63) is 0 Å². The van der Waals surface area contributed by atoms with Crippen molar-refractivity contribution in [3.8, 4) is 0 Å². The van der Waals surface area contributed by atoms with Crippen molar-refractivity contribution in [2.45, 2.75) is 19.3 Å². The van der Waals surface area contributed by atoms with E-state index in [1.165, 1.54) is 38.9 Å². The molecule has 82 valence electrons. The Morgan fingerprint density at radius 2 is 1.21 bits per heavy atom. The lowest BCUT2D eigenvalue weighted by Crippen LogP contribution is -2.41. The lowest BCUT2D eigenvalue weighted by molar-refractivity contribution is -0.123. The maximum atomic E-state index is 8.36. The molecule has 3 aliphatic rings. The van der Waals surface area contributed by atoms with Crippen LogP contribution in [0.25, 0.3) is 0 Å². The van der Waals surface area contributed by atoms with E-state index in [-0.39, 0.29) is 12.9 Å². The largest absolute Gasteiger partial charge is 0.483 e. The van der Waals surface area contributed by atoms with Gasteiger partial charge in [-0.25, -0.2) is 0 Å². The van der Waals surface area contributed by atoms with Gasteiger partial charge in [0.25, 0.3) is 12.9 Å². The number of hydrogen-bond donors (Lipinski definition) is 2. The summed E-state index contributed by atoms with van der Waals surface area (Å²) in [6, 6.07) is 0. The molecule has 3 aliphatic heterocycles. The Balaban J connectivity index is 0.000000242. The monoisotopic (exact) mass is 203 g/mol. The van der Waals surface area contributed by atoms with Gasteiger partial charge in [0, 0.05) is 0 Å². The number of piperidine rings is 3. The smallest absolute Gasteiger partial charge is 0.290 e. The Labute approximate surface area is 83.3 Å². The highest BCUT2D eigenvalue weighted by atomic mass is 16.3. The maximum Gasteiger partial charge on any atom is 0.290 e. The molecule has 0 aromatic heterocycles. The van der Waals surface area contributed by atoms with Crippen LogP contribution < -0.4 is 0 Å². The first-order valence-electron chi connectivity index (χ1n) is 4.66. The average molecular weight is 203 g/mol. The minimum Gasteiger partial charge on any atom is -0.483 e. The van der Waals surface area contributed by atoms with Gasteiger partial charge in [0.15, 0.2) is 0 Å². The number of hydrogen-bond acceptors (Lipinski definition) is 3. The van der Waals surface area contributed by atoms with Gasteiger partial charge in [-0.3, -0.25) is 9.59 Å². The predicted octanol–water partition coefficient (Wildman–Crippen LogP) is 0.504. The van der Waals surface area contributed by atoms with Gasteiger partial charge in [-0.15, -0.1) is 0 Å². The van der Waals surface area contributed by atoms with E-state index in [0.29, 0.717) is 0 Å². The van der Waals surface area contributed by atoms with E-state index < -0.39 is 0 Å². The van der Waals surface area contributed by atoms with E-state index in [2.05, 4.69) is 4.90 Å². The van der Waals surface area contributed by atoms with Gasteiger partial charge in [0.1, 0.15) is 0 Å². The van der Waals surface area contributed by atoms with E-state index in [1.54, 1.807) is 0 Å². The van der Waals surface area contributed by atoms with Gasteiger partial charge in [-0.1, -0.05) is 0 Å². The molecular formula is C9H17NO4. The average Bonchev–Trinajstić information content (AvgIpc) is 2.23. The minimum absolute atomic E-state index is 0.250. The fraction of sp³-hybridized carbons (Fsp3) is 0.778. The third kappa shape index (κ3) is 5.53. The molecule has 3 rings (SSSR count). The van der Waals surface area contributed by atoms with E-state index >= 15 is 0 Å². The van der Waals surface area contributed by atoms with Crippen LogP contribution in [0.4, 0.5) is 0 Å². The van der Waals surface area contributed by atoms with E-state index in [1.807, 2.05) is 0 Å². The fourth-order valence-corrected chi connectivity index (χ4v) is 1.86. The predicted molar refractivity (Wildman–Crippen MR) is 51.2 cm³/mol. The number of carboxylic acid groups (broad SMARTS) is 2. The van der Waals surface area contributed by atoms with Gasteiger partial charge in [0.05, 0.1) is 0 Å². The Bertz CT molecular complexity index is 126. The van der Waals surface area contributed by atoms with Crippen LogP contribution in [-0.4, -0.2) is 47.7 Å². The quantitative estimate of drug-likeness (QED) is 0.561. The number of rotatable bonds is 0. The second-order valence-corrected chi connectivity index (χ2v) is 3.28. The summed E-state index contributed by atoms with van der Waals surface area (Å²) in [7, 11) is 0. The van der Waals surface area contributed by atoms with Crippen molar-refractivity contribution in [1.29, 1.82) is 0 Å². The van der Waals surface area contributed by atoms with Gasteiger partial charge in [-0.2, -0.15) is 0 Å². The molecule has 2 bridgehead atoms. The third-order valence-corrected chi connectivity index (χ3v) is 2.56. The third-order valence-electron chi connectivity index (χ3n) is 2.56. The lowest BCUT2D eigenvalue weighted by Gasteiger charge is -2.38. The summed E-state index contributed by atoms with van der Waals surface area (Å²) in [4.78, 5) is 19.3. The zero-order valence-electron chi connectivity index (χ0n) is 8.13. The Morgan fingerprint density at radius 3 is 1.29 bits per heavy atom. The van der Waals surface area contributed by atoms with Gasteiger partial charge in [0.2, 0.25) is 0 Å². The first kappa shape index (κ1) is 12.9. The number of carbonyl (C=O) groups is 2. The van der Waals surface area contributed by atoms with Crippen molar-refractivity contribution in [2.24, 2.45) is 5.92 Å². The lowest BCUT2D eigenvalue weighted by atomic mass is 9.89. The summed E-state index contributed by atoms with van der Waals surface area (Å²) in [6.45, 7) is 3.68. The molecular weight excluding hydrogens is 186 g/mol. The second-order valence-electron chi connectivity index (χ2n) is 3.28. The van der Waals surface area contributed by atoms with Crippen molar-refractivity contribution >= 4 is 12.9 Å². The molecule has 0 aliphatic carbocycles. The summed E-state index contributed by atoms with van der Waals surface area (Å²) < 4.78 is 0. The van der Waals surface area contributed by atoms with Crippen molar-refractivity contribution in [3.63, 3.8) is 0 Å². The van der Waals surface area contributed by atoms with E-state index in [0.717, 1.165) is 5.92 Å². The van der Waals surface area contributed by atoms with E-state index in [9.17, 15) is 0 Å². The molecule has 0 aromatic rings. The van der Waals surface area contributed by atoms with Crippen LogP contribution in [0.3, 0.4) is 0 Å². The van der Waals surface area contributed by atoms with Crippen LogP contribution in [-0.2, 0) is 9.59 Å². The zero-order chi connectivity index (χ0) is 10.8. The molecule has 0 amide bonds. The molecule has 0 spiro atoms. The van der Waals surface area contributed by atoms with Crippen LogP contribution in [0, 0.1) is 5.92 Å². The first-order chi connectivity index (χ1) is 6.78. The SMILES string of the molecule is C1CN2CCC1CC2.O=CO.O=CO. The highest BCUT2D eigenvalue weighted by molar-refractivity contribution is 5.33. The molecule has 3 saturated heterocycles. The molecule has 0 radical (unpaired) electrons. The van der Waals surface area contributed by atoms with E-state index in [4.69, 9.17) is 19.8 Å². The van der Waals surface area contributed by atoms with Crippen molar-refractivity contribution < 1.29 is 19.8 Å². The molecule has 0 atom stereocenters. The van der Waals surface area contributed by atoms with Crippen LogP contribution in [0.5, 0.6) is 0 Å². The highest BCUT2D eigenvalue weighted by Crippen LogP contribution is 2.26. The Morgan fingerprint density at radius 1 is 0.929 bits per heavy atom. The first-order valence-corrected chi connectivity index (χ1v) is 4.66. The Kier molecular flexibility index (Phi) is 7.83. The summed E-state index contributed by atoms with van der Waals surface area (Å²) in [5.41, 5.74) is 0. The molecule has 3 fully saturated rings. The standard InChI is InChI=1S/C7H13N.2CH2O2/c1-4-8-5-2-7(1)3-6-8;2*2-1-3/h7H,1-6H2;2*1H,(H,2,3). The summed E-state index contributed by atoms with van der Waals surface area (Å²) in [5.74, 6) is 1.11. The summed E-state index contributed by atoms with van der Waals surface area (Å²) in [5, 5.41) is 13.8. The van der Waals surface area contributed by atoms with Crippen LogP contribution in [0.2, 0.25) is 0 Å². The molecule has 0 saturated carbocycles. The van der Waals surface area contributed by atoms with Gasteiger partial charge >= 0.3 is 0 Å². The minimum atomic E-state index is -0.250. The normalized spacial score (nSPS) is 27.4. The summed E-state index contributed by atoms with van der Waals surface area (Å²) >= 11 is 0. The summed E-state index contributed by atoms with van der Waals surface area (Å²) in [6.07, 6.45) is 4.46. The zero-order valence-corrected chi connectivity index (χ0v) is 8.13. The van der Waals surface area contributed by atoms with Gasteiger partial charge in [-0.05, 0) is 44.8 Å². The van der Waals surface area contributed by atoms with Gasteiger partial charge < -0.3 is 15.1 Å². The molecule has 0 unspecified atom stereocenters. The second kappa shape index (κ2) is 8.50. The van der Waals surface area contributed by atoms with Crippen molar-refractivity contribution in [2.75, 3.05) is 19.6 Å². The maximum absolute atomic E-state index is 8.36. The molecule has 5 heteroatoms.